The Labute approximate surface area is 163 Å². The van der Waals surface area contributed by atoms with Gasteiger partial charge in [0.1, 0.15) is 17.5 Å². The zero-order valence-corrected chi connectivity index (χ0v) is 15.8. The maximum absolute atomic E-state index is 11.5. The number of hydrogen-bond acceptors (Lipinski definition) is 4. The van der Waals surface area contributed by atoms with Crippen LogP contribution in [0.5, 0.6) is 0 Å². The highest BCUT2D eigenvalue weighted by atomic mass is 16.4. The number of aryl methyl sites for hydroxylation is 2. The first-order chi connectivity index (χ1) is 13.4. The Morgan fingerprint density at radius 1 is 1.14 bits per heavy atom. The van der Waals surface area contributed by atoms with Crippen molar-refractivity contribution < 1.29 is 9.90 Å². The van der Waals surface area contributed by atoms with Crippen molar-refractivity contribution in [2.45, 2.75) is 26.7 Å². The van der Waals surface area contributed by atoms with Crippen molar-refractivity contribution in [2.75, 3.05) is 0 Å². The topological polar surface area (TPSA) is 107 Å². The third-order valence-corrected chi connectivity index (χ3v) is 3.95. The Bertz CT molecular complexity index is 1050. The number of H-pyrrole nitrogens is 1. The van der Waals surface area contributed by atoms with Crippen LogP contribution in [0.4, 0.5) is 0 Å². The lowest BCUT2D eigenvalue weighted by atomic mass is 10.1. The molecule has 1 aromatic heterocycles. The lowest BCUT2D eigenvalue weighted by molar-refractivity contribution is -0.136. The van der Waals surface area contributed by atoms with Gasteiger partial charge in [-0.2, -0.15) is 5.26 Å². The number of hydrogen-bond donors (Lipinski definition) is 2. The van der Waals surface area contributed by atoms with Crippen LogP contribution in [0.15, 0.2) is 59.4 Å². The number of nitriles is 1. The molecule has 0 atom stereocenters. The van der Waals surface area contributed by atoms with Gasteiger partial charge in [-0.05, 0) is 24.5 Å². The second-order valence-electron chi connectivity index (χ2n) is 6.10. The van der Waals surface area contributed by atoms with Crippen LogP contribution in [0.3, 0.4) is 0 Å². The van der Waals surface area contributed by atoms with Gasteiger partial charge in [0.15, 0.2) is 0 Å². The quantitative estimate of drug-likeness (QED) is 0.726. The van der Waals surface area contributed by atoms with Crippen molar-refractivity contribution in [3.05, 3.63) is 87.5 Å². The summed E-state index contributed by atoms with van der Waals surface area (Å²) in [6, 6.07) is 18.8. The van der Waals surface area contributed by atoms with E-state index < -0.39 is 11.5 Å². The largest absolute Gasteiger partial charge is 0.481 e. The summed E-state index contributed by atoms with van der Waals surface area (Å²) in [5.74, 6) is -0.272. The molecule has 0 aliphatic rings. The Morgan fingerprint density at radius 3 is 2.43 bits per heavy atom. The van der Waals surface area contributed by atoms with Crippen molar-refractivity contribution in [1.29, 1.82) is 5.26 Å². The normalized spacial score (nSPS) is 9.75. The summed E-state index contributed by atoms with van der Waals surface area (Å²) < 4.78 is 0. The van der Waals surface area contributed by atoms with Gasteiger partial charge < -0.3 is 10.1 Å². The summed E-state index contributed by atoms with van der Waals surface area (Å²) in [6.45, 7) is 3.74. The fraction of sp³-hybridized carbons (Fsp3) is 0.182. The second-order valence-corrected chi connectivity index (χ2v) is 6.10. The van der Waals surface area contributed by atoms with Crippen LogP contribution in [0.2, 0.25) is 0 Å². The third kappa shape index (κ3) is 5.64. The van der Waals surface area contributed by atoms with Crippen molar-refractivity contribution in [1.82, 2.24) is 9.97 Å². The highest BCUT2D eigenvalue weighted by Gasteiger charge is 2.11. The highest BCUT2D eigenvalue weighted by Crippen LogP contribution is 2.17. The predicted molar refractivity (Wildman–Crippen MR) is 107 cm³/mol. The molecule has 2 N–H and O–H groups in total. The van der Waals surface area contributed by atoms with Crippen LogP contribution >= 0.6 is 0 Å². The average molecular weight is 375 g/mol. The number of aliphatic carboxylic acids is 1. The fourth-order valence-electron chi connectivity index (χ4n) is 2.63. The van der Waals surface area contributed by atoms with E-state index in [4.69, 9.17) is 10.4 Å². The fourth-order valence-corrected chi connectivity index (χ4v) is 2.63. The molecule has 0 bridgehead atoms. The first-order valence-electron chi connectivity index (χ1n) is 8.80. The van der Waals surface area contributed by atoms with Crippen LogP contribution in [0.1, 0.15) is 29.4 Å². The maximum atomic E-state index is 11.5. The summed E-state index contributed by atoms with van der Waals surface area (Å²) in [7, 11) is 0. The molecule has 0 unspecified atom stereocenters. The standard InChI is InChI=1S/C12H9N3O.C10H12O2/c1-8-14-11(9-5-3-2-4-6-9)10(7-13)12(16)15-8;1-2-8-4-3-5-9(6-8)7-10(11)12/h2-6H,1H3,(H,14,15,16);3-6H,2,7H2,1H3,(H,11,12). The molecule has 2 aromatic carbocycles. The smallest absolute Gasteiger partial charge is 0.307 e. The maximum Gasteiger partial charge on any atom is 0.307 e. The summed E-state index contributed by atoms with van der Waals surface area (Å²) in [6.07, 6.45) is 1.07. The average Bonchev–Trinajstić information content (AvgIpc) is 2.68. The summed E-state index contributed by atoms with van der Waals surface area (Å²) >= 11 is 0. The number of aromatic amines is 1. The molecule has 142 valence electrons. The lowest BCUT2D eigenvalue weighted by Crippen LogP contribution is -2.15. The van der Waals surface area contributed by atoms with Gasteiger partial charge in [-0.25, -0.2) is 4.98 Å². The van der Waals surface area contributed by atoms with Crippen LogP contribution in [0, 0.1) is 18.3 Å². The SMILES string of the molecule is CCc1cccc(CC(=O)O)c1.Cc1nc(-c2ccccc2)c(C#N)c(=O)[nH]1. The van der Waals surface area contributed by atoms with E-state index in [1.54, 1.807) is 6.92 Å². The summed E-state index contributed by atoms with van der Waals surface area (Å²) in [5.41, 5.74) is 2.93. The summed E-state index contributed by atoms with van der Waals surface area (Å²) in [4.78, 5) is 28.6. The predicted octanol–water partition coefficient (Wildman–Crippen LogP) is 3.49. The number of aromatic nitrogens is 2. The van der Waals surface area contributed by atoms with Crippen LogP contribution in [0.25, 0.3) is 11.3 Å². The van der Waals surface area contributed by atoms with Crippen molar-refractivity contribution >= 4 is 5.97 Å². The first-order valence-corrected chi connectivity index (χ1v) is 8.80. The van der Waals surface area contributed by atoms with Crippen LogP contribution in [-0.4, -0.2) is 21.0 Å². The molecule has 0 amide bonds. The number of benzene rings is 2. The molecule has 3 rings (SSSR count). The zero-order chi connectivity index (χ0) is 20.5. The molecule has 0 saturated heterocycles. The van der Waals surface area contributed by atoms with Crippen molar-refractivity contribution in [3.8, 4) is 17.3 Å². The molecule has 0 saturated carbocycles. The molecule has 6 heteroatoms. The van der Waals surface area contributed by atoms with E-state index in [2.05, 4.69) is 16.9 Å². The molecular weight excluding hydrogens is 354 g/mol. The Kier molecular flexibility index (Phi) is 7.23. The number of carbonyl (C=O) groups is 1. The molecule has 3 aromatic rings. The van der Waals surface area contributed by atoms with Gasteiger partial charge in [-0.3, -0.25) is 9.59 Å². The first kappa shape index (κ1) is 20.6. The van der Waals surface area contributed by atoms with E-state index in [-0.39, 0.29) is 12.0 Å². The molecule has 28 heavy (non-hydrogen) atoms. The minimum absolute atomic E-state index is 0.0526. The Hall–Kier alpha value is -3.72. The molecular formula is C22H21N3O3. The number of rotatable bonds is 4. The monoisotopic (exact) mass is 375 g/mol. The molecule has 0 radical (unpaired) electrons. The van der Waals surface area contributed by atoms with Gasteiger partial charge in [0, 0.05) is 5.56 Å². The summed E-state index contributed by atoms with van der Waals surface area (Å²) in [5, 5.41) is 17.5. The van der Waals surface area contributed by atoms with Crippen molar-refractivity contribution in [3.63, 3.8) is 0 Å². The number of carboxylic acids is 1. The minimum Gasteiger partial charge on any atom is -0.481 e. The molecule has 6 nitrogen and oxygen atoms in total. The Balaban J connectivity index is 0.000000209. The van der Waals surface area contributed by atoms with Crippen LogP contribution < -0.4 is 5.56 Å². The molecule has 0 aliphatic carbocycles. The number of carboxylic acid groups (broad SMARTS) is 1. The number of nitrogens with one attached hydrogen (secondary N) is 1. The minimum atomic E-state index is -0.775. The highest BCUT2D eigenvalue weighted by molar-refractivity contribution is 5.70. The van der Waals surface area contributed by atoms with E-state index in [0.29, 0.717) is 11.5 Å². The third-order valence-electron chi connectivity index (χ3n) is 3.95. The Morgan fingerprint density at radius 2 is 1.82 bits per heavy atom. The lowest BCUT2D eigenvalue weighted by Gasteiger charge is -2.03. The van der Waals surface area contributed by atoms with E-state index >= 15 is 0 Å². The molecule has 1 heterocycles. The van der Waals surface area contributed by atoms with Gasteiger partial charge in [0.25, 0.3) is 5.56 Å². The van der Waals surface area contributed by atoms with Crippen molar-refractivity contribution in [2.24, 2.45) is 0 Å². The van der Waals surface area contributed by atoms with Gasteiger partial charge in [-0.15, -0.1) is 0 Å². The van der Waals surface area contributed by atoms with Gasteiger partial charge in [0.2, 0.25) is 0 Å². The van der Waals surface area contributed by atoms with E-state index in [9.17, 15) is 9.59 Å². The number of nitrogens with zero attached hydrogens (tertiary/aromatic N) is 2. The van der Waals surface area contributed by atoms with Gasteiger partial charge >= 0.3 is 5.97 Å². The van der Waals surface area contributed by atoms with E-state index in [1.165, 1.54) is 5.56 Å². The molecule has 0 spiro atoms. The van der Waals surface area contributed by atoms with Gasteiger partial charge in [0.05, 0.1) is 12.1 Å². The second kappa shape index (κ2) is 9.83. The van der Waals surface area contributed by atoms with Crippen LogP contribution in [-0.2, 0) is 17.6 Å². The van der Waals surface area contributed by atoms with E-state index in [0.717, 1.165) is 17.5 Å². The van der Waals surface area contributed by atoms with Gasteiger partial charge in [-0.1, -0.05) is 61.5 Å². The molecule has 0 aliphatic heterocycles. The van der Waals surface area contributed by atoms with E-state index in [1.807, 2.05) is 60.7 Å². The molecule has 0 fully saturated rings. The zero-order valence-electron chi connectivity index (χ0n) is 15.8.